The van der Waals surface area contributed by atoms with Gasteiger partial charge in [-0.2, -0.15) is 9.90 Å². The lowest BCUT2D eigenvalue weighted by Gasteiger charge is -2.28. The highest BCUT2D eigenvalue weighted by atomic mass is 16.2. The number of Topliss-reactive ketones (excluding diaryl/α,β-unsaturated/α-hetero) is 2. The molecular weight excluding hydrogens is 280 g/mol. The van der Waals surface area contributed by atoms with Crippen LogP contribution in [0.15, 0.2) is 24.3 Å². The Morgan fingerprint density at radius 1 is 0.955 bits per heavy atom. The summed E-state index contributed by atoms with van der Waals surface area (Å²) in [6, 6.07) is 7.30. The number of nitrogens with zero attached hydrogens (tertiary/aromatic N) is 4. The number of fused-ring (bicyclic) bond motifs is 3. The van der Waals surface area contributed by atoms with E-state index in [1.807, 2.05) is 12.1 Å². The second-order valence-corrected chi connectivity index (χ2v) is 5.96. The molecule has 0 atom stereocenters. The lowest BCUT2D eigenvalue weighted by molar-refractivity contribution is 0.0811. The summed E-state index contributed by atoms with van der Waals surface area (Å²) in [4.78, 5) is 28.3. The van der Waals surface area contributed by atoms with Gasteiger partial charge in [0.25, 0.3) is 5.78 Å². The second kappa shape index (κ2) is 4.84. The van der Waals surface area contributed by atoms with Crippen LogP contribution in [0, 0.1) is 0 Å². The summed E-state index contributed by atoms with van der Waals surface area (Å²) < 4.78 is 0. The van der Waals surface area contributed by atoms with Gasteiger partial charge in [0.05, 0.1) is 6.04 Å². The van der Waals surface area contributed by atoms with Crippen molar-refractivity contribution in [3.05, 3.63) is 35.5 Å². The van der Waals surface area contributed by atoms with E-state index in [1.54, 1.807) is 16.9 Å². The molecule has 2 heterocycles. The quantitative estimate of drug-likeness (QED) is 0.748. The second-order valence-electron chi connectivity index (χ2n) is 5.96. The fourth-order valence-electron chi connectivity index (χ4n) is 3.16. The molecule has 0 spiro atoms. The smallest absolute Gasteiger partial charge is 0.256 e. The molecule has 22 heavy (non-hydrogen) atoms. The number of ketones is 2. The number of aromatic nitrogens is 3. The first kappa shape index (κ1) is 13.3. The molecule has 0 unspecified atom stereocenters. The lowest BCUT2D eigenvalue weighted by atomic mass is 9.90. The number of hydrogen-bond acceptors (Lipinski definition) is 5. The Labute approximate surface area is 127 Å². The topological polar surface area (TPSA) is 68.1 Å². The predicted octanol–water partition coefficient (Wildman–Crippen LogP) is 1.59. The van der Waals surface area contributed by atoms with Gasteiger partial charge in [0.1, 0.15) is 5.69 Å². The normalized spacial score (nSPS) is 19.1. The molecule has 0 saturated carbocycles. The molecule has 1 saturated heterocycles. The number of carbonyl (C=O) groups is 2. The van der Waals surface area contributed by atoms with Crippen molar-refractivity contribution in [2.75, 3.05) is 20.1 Å². The maximum absolute atomic E-state index is 12.3. The summed E-state index contributed by atoms with van der Waals surface area (Å²) in [6.07, 6.45) is 1.90. The first-order valence-electron chi connectivity index (χ1n) is 7.49. The van der Waals surface area contributed by atoms with E-state index in [-0.39, 0.29) is 11.7 Å². The fraction of sp³-hybridized carbons (Fsp3) is 0.375. The first-order chi connectivity index (χ1) is 10.6. The van der Waals surface area contributed by atoms with Crippen LogP contribution in [-0.4, -0.2) is 51.6 Å². The minimum absolute atomic E-state index is 0.192. The van der Waals surface area contributed by atoms with Crippen LogP contribution in [0.5, 0.6) is 0 Å². The number of carbonyl (C=O) groups excluding carboxylic acids is 2. The number of hydrogen-bond donors (Lipinski definition) is 0. The first-order valence-corrected chi connectivity index (χ1v) is 7.49. The van der Waals surface area contributed by atoms with Crippen LogP contribution in [0.25, 0.3) is 11.3 Å². The highest BCUT2D eigenvalue weighted by Gasteiger charge is 2.35. The molecule has 1 aliphatic heterocycles. The third-order valence-electron chi connectivity index (χ3n) is 4.49. The molecule has 0 radical (unpaired) electrons. The molecule has 1 aliphatic carbocycles. The van der Waals surface area contributed by atoms with Crippen molar-refractivity contribution < 1.29 is 9.59 Å². The molecular formula is C16H16N4O2. The van der Waals surface area contributed by atoms with Crippen molar-refractivity contribution >= 4 is 11.6 Å². The number of piperidine rings is 1. The molecule has 1 fully saturated rings. The highest BCUT2D eigenvalue weighted by molar-refractivity contribution is 6.52. The average Bonchev–Trinajstić information content (AvgIpc) is 2.99. The van der Waals surface area contributed by atoms with Crippen LogP contribution < -0.4 is 0 Å². The third-order valence-corrected chi connectivity index (χ3v) is 4.49. The van der Waals surface area contributed by atoms with Gasteiger partial charge in [-0.3, -0.25) is 9.59 Å². The molecule has 0 amide bonds. The van der Waals surface area contributed by atoms with E-state index in [9.17, 15) is 9.59 Å². The zero-order valence-electron chi connectivity index (χ0n) is 12.3. The van der Waals surface area contributed by atoms with Gasteiger partial charge < -0.3 is 4.90 Å². The summed E-state index contributed by atoms with van der Waals surface area (Å²) in [5, 5.41) is 8.89. The van der Waals surface area contributed by atoms with Gasteiger partial charge in [0.2, 0.25) is 5.78 Å². The van der Waals surface area contributed by atoms with Crippen molar-refractivity contribution in [1.82, 2.24) is 19.9 Å². The molecule has 2 aliphatic rings. The highest BCUT2D eigenvalue weighted by Crippen LogP contribution is 2.32. The molecule has 112 valence electrons. The summed E-state index contributed by atoms with van der Waals surface area (Å²) in [6.45, 7) is 1.97. The molecule has 2 aromatic rings. The van der Waals surface area contributed by atoms with Gasteiger partial charge >= 0.3 is 0 Å². The van der Waals surface area contributed by atoms with E-state index < -0.39 is 11.6 Å². The van der Waals surface area contributed by atoms with Crippen LogP contribution in [0.1, 0.15) is 39.7 Å². The largest absolute Gasteiger partial charge is 0.306 e. The maximum Gasteiger partial charge on any atom is 0.256 e. The van der Waals surface area contributed by atoms with Gasteiger partial charge in [-0.1, -0.05) is 24.3 Å². The molecule has 1 aromatic heterocycles. The Kier molecular flexibility index (Phi) is 2.94. The molecule has 6 nitrogen and oxygen atoms in total. The maximum atomic E-state index is 12.3. The van der Waals surface area contributed by atoms with Crippen LogP contribution in [0.4, 0.5) is 0 Å². The zero-order valence-corrected chi connectivity index (χ0v) is 12.3. The Bertz CT molecular complexity index is 772. The van der Waals surface area contributed by atoms with E-state index in [4.69, 9.17) is 0 Å². The van der Waals surface area contributed by atoms with Gasteiger partial charge in [0.15, 0.2) is 5.69 Å². The number of benzene rings is 1. The molecule has 4 rings (SSSR count). The van der Waals surface area contributed by atoms with E-state index >= 15 is 0 Å². The van der Waals surface area contributed by atoms with Gasteiger partial charge in [-0.25, -0.2) is 0 Å². The summed E-state index contributed by atoms with van der Waals surface area (Å²) in [5.74, 6) is -1.04. The minimum atomic E-state index is -0.548. The van der Waals surface area contributed by atoms with Crippen molar-refractivity contribution in [3.63, 3.8) is 0 Å². The molecule has 6 heteroatoms. The van der Waals surface area contributed by atoms with E-state index in [2.05, 4.69) is 22.1 Å². The van der Waals surface area contributed by atoms with Crippen LogP contribution in [-0.2, 0) is 0 Å². The monoisotopic (exact) mass is 296 g/mol. The van der Waals surface area contributed by atoms with Gasteiger partial charge in [-0.15, -0.1) is 5.10 Å². The molecule has 0 bridgehead atoms. The minimum Gasteiger partial charge on any atom is -0.306 e. The Hall–Kier alpha value is -2.34. The SMILES string of the molecule is CN1CCC(n2nc3c(n2)-c2ccccc2C(=O)C3=O)CC1. The Morgan fingerprint density at radius 2 is 1.59 bits per heavy atom. The van der Waals surface area contributed by atoms with Gasteiger partial charge in [-0.05, 0) is 33.0 Å². The van der Waals surface area contributed by atoms with Crippen molar-refractivity contribution in [3.8, 4) is 11.3 Å². The Morgan fingerprint density at radius 3 is 2.32 bits per heavy atom. The van der Waals surface area contributed by atoms with Crippen LogP contribution >= 0.6 is 0 Å². The van der Waals surface area contributed by atoms with Crippen molar-refractivity contribution in [2.24, 2.45) is 0 Å². The van der Waals surface area contributed by atoms with Crippen LogP contribution in [0.2, 0.25) is 0 Å². The van der Waals surface area contributed by atoms with Crippen molar-refractivity contribution in [1.29, 1.82) is 0 Å². The van der Waals surface area contributed by atoms with Crippen LogP contribution in [0.3, 0.4) is 0 Å². The predicted molar refractivity (Wildman–Crippen MR) is 79.9 cm³/mol. The molecule has 1 aromatic carbocycles. The van der Waals surface area contributed by atoms with Crippen molar-refractivity contribution in [2.45, 2.75) is 18.9 Å². The zero-order chi connectivity index (χ0) is 15.3. The summed E-state index contributed by atoms with van der Waals surface area (Å²) in [7, 11) is 2.09. The summed E-state index contributed by atoms with van der Waals surface area (Å²) in [5.41, 5.74) is 1.87. The summed E-state index contributed by atoms with van der Waals surface area (Å²) >= 11 is 0. The molecule has 0 N–H and O–H groups in total. The van der Waals surface area contributed by atoms with E-state index in [1.165, 1.54) is 0 Å². The average molecular weight is 296 g/mol. The van der Waals surface area contributed by atoms with E-state index in [0.29, 0.717) is 16.8 Å². The van der Waals surface area contributed by atoms with E-state index in [0.717, 1.165) is 25.9 Å². The number of likely N-dealkylation sites (tertiary alicyclic amines) is 1. The van der Waals surface area contributed by atoms with Gasteiger partial charge in [0, 0.05) is 11.1 Å². The number of rotatable bonds is 1. The Balaban J connectivity index is 1.78. The lowest BCUT2D eigenvalue weighted by Crippen LogP contribution is -2.32. The fourth-order valence-corrected chi connectivity index (χ4v) is 3.16. The third kappa shape index (κ3) is 1.91. The standard InChI is InChI=1S/C16H16N4O2/c1-19-8-6-10(7-9-19)20-17-13-11-4-2-3-5-12(11)15(21)16(22)14(13)18-20/h2-5,10H,6-9H2,1H3.